The molecule has 10 nitrogen and oxygen atoms in total. The zero-order valence-electron chi connectivity index (χ0n) is 31.1. The molecule has 6 rings (SSSR count). The smallest absolute Gasteiger partial charge is 0.425 e. The van der Waals surface area contributed by atoms with Gasteiger partial charge in [-0.25, -0.2) is 0 Å². The number of nitriles is 1. The first-order valence-corrected chi connectivity index (χ1v) is 19.7. The van der Waals surface area contributed by atoms with E-state index in [0.29, 0.717) is 48.3 Å². The van der Waals surface area contributed by atoms with Gasteiger partial charge in [0.15, 0.2) is 0 Å². The maximum atomic E-state index is 15.0. The van der Waals surface area contributed by atoms with Gasteiger partial charge >= 0.3 is 18.3 Å². The predicted octanol–water partition coefficient (Wildman–Crippen LogP) is 8.37. The normalized spacial score (nSPS) is 23.8. The first-order chi connectivity index (χ1) is 27.0. The van der Waals surface area contributed by atoms with Crippen LogP contribution < -0.4 is 9.47 Å². The Bertz CT molecular complexity index is 1990. The van der Waals surface area contributed by atoms with Gasteiger partial charge in [-0.15, -0.1) is 11.3 Å². The number of aromatic nitrogens is 1. The van der Waals surface area contributed by atoms with Crippen molar-refractivity contribution in [3.63, 3.8) is 0 Å². The van der Waals surface area contributed by atoms with Crippen LogP contribution in [0.25, 0.3) is 0 Å². The Morgan fingerprint density at radius 1 is 1.02 bits per heavy atom. The van der Waals surface area contributed by atoms with Crippen molar-refractivity contribution < 1.29 is 55.3 Å². The SMILES string of the molecule is CCC[C@H]1N(C(=O)c2ncccc2C(F)(F)F)CCC[C@@]1(Oc1csc(C(F)(F)F)c1)C(=O)N1CCC(C#N)(c2ccccc2OC[C@H]2CC[C@@H](C(=O)O)C2)CC1. The first-order valence-electron chi connectivity index (χ1n) is 18.9. The van der Waals surface area contributed by atoms with Crippen LogP contribution in [0.3, 0.4) is 0 Å². The third-order valence-corrected chi connectivity index (χ3v) is 12.4. The maximum absolute atomic E-state index is 15.0. The van der Waals surface area contributed by atoms with E-state index in [9.17, 15) is 46.3 Å². The molecule has 3 fully saturated rings. The van der Waals surface area contributed by atoms with Gasteiger partial charge in [-0.1, -0.05) is 31.5 Å². The molecule has 1 aliphatic carbocycles. The summed E-state index contributed by atoms with van der Waals surface area (Å²) < 4.78 is 96.0. The van der Waals surface area contributed by atoms with Crippen LogP contribution in [0, 0.1) is 23.2 Å². The van der Waals surface area contributed by atoms with Crippen LogP contribution in [-0.4, -0.2) is 75.6 Å². The second-order valence-corrected chi connectivity index (χ2v) is 15.9. The minimum Gasteiger partial charge on any atom is -0.493 e. The summed E-state index contributed by atoms with van der Waals surface area (Å²) in [5.74, 6) is -2.78. The predicted molar refractivity (Wildman–Crippen MR) is 194 cm³/mol. The number of carbonyl (C=O) groups is 3. The van der Waals surface area contributed by atoms with Crippen LogP contribution in [0.4, 0.5) is 26.3 Å². The molecule has 1 N–H and O–H groups in total. The summed E-state index contributed by atoms with van der Waals surface area (Å²) in [7, 11) is 0. The molecule has 306 valence electrons. The summed E-state index contributed by atoms with van der Waals surface area (Å²) in [6.45, 7) is 1.98. The minimum atomic E-state index is -4.92. The molecule has 1 aromatic carbocycles. The van der Waals surface area contributed by atoms with Crippen molar-refractivity contribution in [2.45, 2.75) is 94.1 Å². The van der Waals surface area contributed by atoms with Crippen LogP contribution >= 0.6 is 11.3 Å². The number of alkyl halides is 6. The number of carboxylic acids is 1. The van der Waals surface area contributed by atoms with Gasteiger partial charge in [-0.05, 0) is 69.1 Å². The third-order valence-electron chi connectivity index (χ3n) is 11.4. The average molecular weight is 821 g/mol. The summed E-state index contributed by atoms with van der Waals surface area (Å²) in [4.78, 5) is 46.0. The number of nitrogens with zero attached hydrogens (tertiary/aromatic N) is 4. The number of aliphatic carboxylic acids is 1. The van der Waals surface area contributed by atoms with E-state index in [1.165, 1.54) is 4.90 Å². The minimum absolute atomic E-state index is 0.0114. The molecule has 3 aliphatic rings. The van der Waals surface area contributed by atoms with Gasteiger partial charge in [0.25, 0.3) is 11.8 Å². The number of benzene rings is 1. The van der Waals surface area contributed by atoms with Gasteiger partial charge < -0.3 is 24.4 Å². The van der Waals surface area contributed by atoms with Crippen LogP contribution in [0.15, 0.2) is 54.0 Å². The number of piperidine rings is 2. The second kappa shape index (κ2) is 16.6. The van der Waals surface area contributed by atoms with Crippen molar-refractivity contribution in [1.82, 2.24) is 14.8 Å². The molecule has 2 saturated heterocycles. The molecule has 17 heteroatoms. The van der Waals surface area contributed by atoms with E-state index in [-0.39, 0.29) is 70.0 Å². The molecule has 3 aromatic rings. The summed E-state index contributed by atoms with van der Waals surface area (Å²) in [5, 5.41) is 21.2. The lowest BCUT2D eigenvalue weighted by Gasteiger charge is -2.51. The molecule has 2 aromatic heterocycles. The molecule has 0 radical (unpaired) electrons. The Labute approximate surface area is 329 Å². The number of amides is 2. The Morgan fingerprint density at radius 2 is 1.75 bits per heavy atom. The lowest BCUT2D eigenvalue weighted by atomic mass is 9.72. The topological polar surface area (TPSA) is 133 Å². The number of carbonyl (C=O) groups excluding carboxylic acids is 2. The number of para-hydroxylation sites is 1. The van der Waals surface area contributed by atoms with Gasteiger partial charge in [0, 0.05) is 49.3 Å². The molecule has 57 heavy (non-hydrogen) atoms. The van der Waals surface area contributed by atoms with Gasteiger partial charge in [0.05, 0.1) is 35.6 Å². The fraction of sp³-hybridized carbons (Fsp3) is 0.525. The molecule has 2 amide bonds. The van der Waals surface area contributed by atoms with Crippen molar-refractivity contribution in [3.05, 3.63) is 75.7 Å². The molecule has 4 heterocycles. The highest BCUT2D eigenvalue weighted by molar-refractivity contribution is 7.10. The van der Waals surface area contributed by atoms with Crippen molar-refractivity contribution in [3.8, 4) is 17.6 Å². The zero-order valence-corrected chi connectivity index (χ0v) is 31.9. The fourth-order valence-corrected chi connectivity index (χ4v) is 9.20. The number of rotatable bonds is 11. The van der Waals surface area contributed by atoms with Gasteiger partial charge in [-0.2, -0.15) is 31.6 Å². The van der Waals surface area contributed by atoms with Gasteiger partial charge in [-0.3, -0.25) is 19.4 Å². The highest BCUT2D eigenvalue weighted by atomic mass is 32.1. The highest BCUT2D eigenvalue weighted by Crippen LogP contribution is 2.45. The number of carboxylic acid groups (broad SMARTS) is 1. The molecular weight excluding hydrogens is 779 g/mol. The number of likely N-dealkylation sites (tertiary alicyclic amines) is 2. The van der Waals surface area contributed by atoms with Crippen LogP contribution in [0.2, 0.25) is 0 Å². The van der Waals surface area contributed by atoms with E-state index in [2.05, 4.69) is 11.1 Å². The largest absolute Gasteiger partial charge is 0.493 e. The number of hydrogen-bond donors (Lipinski definition) is 1. The number of thiophene rings is 1. The van der Waals surface area contributed by atoms with E-state index in [4.69, 9.17) is 9.47 Å². The number of pyridine rings is 1. The summed E-state index contributed by atoms with van der Waals surface area (Å²) >= 11 is 0.365. The van der Waals surface area contributed by atoms with Gasteiger partial charge in [0.2, 0.25) is 5.60 Å². The van der Waals surface area contributed by atoms with Crippen LogP contribution in [0.1, 0.15) is 91.2 Å². The second-order valence-electron chi connectivity index (χ2n) is 14.9. The van der Waals surface area contributed by atoms with Crippen LogP contribution in [0.5, 0.6) is 11.5 Å². The number of ether oxygens (including phenoxy) is 2. The van der Waals surface area contributed by atoms with E-state index in [1.54, 1.807) is 31.2 Å². The fourth-order valence-electron chi connectivity index (χ4n) is 8.52. The Morgan fingerprint density at radius 3 is 2.39 bits per heavy atom. The summed E-state index contributed by atoms with van der Waals surface area (Å²) in [6, 6.07) is 10.8. The summed E-state index contributed by atoms with van der Waals surface area (Å²) in [5.41, 5.74) is -4.63. The summed E-state index contributed by atoms with van der Waals surface area (Å²) in [6.07, 6.45) is -6.13. The lowest BCUT2D eigenvalue weighted by molar-refractivity contribution is -0.160. The standard InChI is InChI=1S/C40H42F6N4O6S/c1-2-7-31-38(56-27-21-32(57-23-27)40(44,45)46,13-6-17-50(31)34(51)33-29(39(41,42)43)9-5-16-48-33)36(54)49-18-14-37(24-47,15-19-49)28-8-3-4-10-30(28)55-22-25-11-12-26(20-25)35(52)53/h3-5,8-10,16,21,23,25-26,31H,2,6-7,11-15,17-20,22H2,1H3,(H,52,53)/t25-,26+,31+,38-/m0/s1. The van der Waals surface area contributed by atoms with E-state index < -0.39 is 69.2 Å². The van der Waals surface area contributed by atoms with Crippen molar-refractivity contribution in [2.24, 2.45) is 11.8 Å². The Kier molecular flexibility index (Phi) is 12.1. The van der Waals surface area contributed by atoms with E-state index in [0.717, 1.165) is 34.7 Å². The van der Waals surface area contributed by atoms with E-state index >= 15 is 4.79 Å². The number of hydrogen-bond acceptors (Lipinski definition) is 8. The monoisotopic (exact) mass is 820 g/mol. The molecule has 4 atom stereocenters. The lowest BCUT2D eigenvalue weighted by Crippen LogP contribution is -2.68. The average Bonchev–Trinajstić information content (AvgIpc) is 3.88. The molecule has 1 saturated carbocycles. The quantitative estimate of drug-likeness (QED) is 0.191. The molecule has 0 bridgehead atoms. The Balaban J connectivity index is 1.31. The van der Waals surface area contributed by atoms with Crippen molar-refractivity contribution >= 4 is 29.1 Å². The van der Waals surface area contributed by atoms with E-state index in [1.807, 2.05) is 0 Å². The zero-order chi connectivity index (χ0) is 41.2. The highest BCUT2D eigenvalue weighted by Gasteiger charge is 2.57. The Hall–Kier alpha value is -4.85. The molecular formula is C40H42F6N4O6S. The molecule has 2 aliphatic heterocycles. The van der Waals surface area contributed by atoms with Crippen molar-refractivity contribution in [2.75, 3.05) is 26.2 Å². The van der Waals surface area contributed by atoms with Crippen molar-refractivity contribution in [1.29, 1.82) is 5.26 Å². The number of halogens is 6. The molecule has 0 unspecified atom stereocenters. The maximum Gasteiger partial charge on any atom is 0.425 e. The molecule has 0 spiro atoms. The van der Waals surface area contributed by atoms with Gasteiger partial charge in [0.1, 0.15) is 22.1 Å². The van der Waals surface area contributed by atoms with Crippen LogP contribution in [-0.2, 0) is 27.4 Å². The third kappa shape index (κ3) is 8.56. The first kappa shape index (κ1) is 41.8.